The second-order valence-corrected chi connectivity index (χ2v) is 5.85. The second-order valence-electron chi connectivity index (χ2n) is 5.85. The average Bonchev–Trinajstić information content (AvgIpc) is 2.55. The van der Waals surface area contributed by atoms with E-state index in [4.69, 9.17) is 0 Å². The highest BCUT2D eigenvalue weighted by Crippen LogP contribution is 2.24. The van der Waals surface area contributed by atoms with Crippen LogP contribution in [0.15, 0.2) is 29.4 Å². The third kappa shape index (κ3) is 4.69. The molecule has 1 aliphatic rings. The van der Waals surface area contributed by atoms with Gasteiger partial charge in [0.2, 0.25) is 0 Å². The van der Waals surface area contributed by atoms with Crippen LogP contribution in [0.3, 0.4) is 0 Å². The van der Waals surface area contributed by atoms with Gasteiger partial charge in [-0.1, -0.05) is 37.0 Å². The van der Waals surface area contributed by atoms with Gasteiger partial charge < -0.3 is 5.32 Å². The molecular formula is C17H23N3O2. The van der Waals surface area contributed by atoms with Gasteiger partial charge in [-0.2, -0.15) is 5.10 Å². The standard InChI is InChI=1S/C17H23N3O2/c1-12-8-10-15(11-9-12)18-16(21)17(22)20-19-13(2)14-6-4-3-5-7-14/h8-11,14H,3-7H2,1-2H3,(H,18,21)(H,20,22)/b19-13+. The monoisotopic (exact) mass is 301 g/mol. The van der Waals surface area contributed by atoms with E-state index in [-0.39, 0.29) is 0 Å². The molecule has 1 fully saturated rings. The number of benzene rings is 1. The maximum Gasteiger partial charge on any atom is 0.329 e. The normalized spacial score (nSPS) is 16.2. The summed E-state index contributed by atoms with van der Waals surface area (Å²) in [4.78, 5) is 23.6. The minimum Gasteiger partial charge on any atom is -0.318 e. The van der Waals surface area contributed by atoms with E-state index in [0.29, 0.717) is 11.6 Å². The summed E-state index contributed by atoms with van der Waals surface area (Å²) in [6.07, 6.45) is 5.91. The summed E-state index contributed by atoms with van der Waals surface area (Å²) in [7, 11) is 0. The van der Waals surface area contributed by atoms with Crippen LogP contribution in [0.25, 0.3) is 0 Å². The predicted octanol–water partition coefficient (Wildman–Crippen LogP) is 3.01. The molecule has 5 heteroatoms. The van der Waals surface area contributed by atoms with Crippen molar-refractivity contribution in [2.75, 3.05) is 5.32 Å². The lowest BCUT2D eigenvalue weighted by Gasteiger charge is -2.20. The van der Waals surface area contributed by atoms with Gasteiger partial charge in [0.1, 0.15) is 0 Å². The highest BCUT2D eigenvalue weighted by atomic mass is 16.2. The number of nitrogens with one attached hydrogen (secondary N) is 2. The Morgan fingerprint density at radius 1 is 1.05 bits per heavy atom. The maximum absolute atomic E-state index is 11.8. The smallest absolute Gasteiger partial charge is 0.318 e. The van der Waals surface area contributed by atoms with Gasteiger partial charge in [-0.3, -0.25) is 9.59 Å². The zero-order chi connectivity index (χ0) is 15.9. The fraction of sp³-hybridized carbons (Fsp3) is 0.471. The third-order valence-corrected chi connectivity index (χ3v) is 4.05. The first kappa shape index (κ1) is 16.2. The van der Waals surface area contributed by atoms with Crippen LogP contribution < -0.4 is 10.7 Å². The lowest BCUT2D eigenvalue weighted by Crippen LogP contribution is -2.33. The number of nitrogens with zero attached hydrogens (tertiary/aromatic N) is 1. The van der Waals surface area contributed by atoms with Crippen molar-refractivity contribution >= 4 is 23.2 Å². The molecule has 0 aliphatic heterocycles. The second kappa shape index (κ2) is 7.73. The summed E-state index contributed by atoms with van der Waals surface area (Å²) in [5.74, 6) is -1.02. The number of carbonyl (C=O) groups excluding carboxylic acids is 2. The first-order chi connectivity index (χ1) is 10.6. The van der Waals surface area contributed by atoms with E-state index in [2.05, 4.69) is 15.8 Å². The largest absolute Gasteiger partial charge is 0.329 e. The van der Waals surface area contributed by atoms with E-state index < -0.39 is 11.8 Å². The van der Waals surface area contributed by atoms with Crippen molar-refractivity contribution in [2.45, 2.75) is 46.0 Å². The number of rotatable bonds is 3. The van der Waals surface area contributed by atoms with E-state index in [0.717, 1.165) is 24.1 Å². The zero-order valence-electron chi connectivity index (χ0n) is 13.2. The molecule has 22 heavy (non-hydrogen) atoms. The number of hydrogen-bond donors (Lipinski definition) is 2. The molecule has 2 rings (SSSR count). The van der Waals surface area contributed by atoms with Gasteiger partial charge >= 0.3 is 11.8 Å². The highest BCUT2D eigenvalue weighted by molar-refractivity contribution is 6.39. The molecule has 0 spiro atoms. The Bertz CT molecular complexity index is 558. The molecule has 0 heterocycles. The molecule has 1 aromatic rings. The van der Waals surface area contributed by atoms with Crippen LogP contribution >= 0.6 is 0 Å². The molecule has 1 aromatic carbocycles. The minimum absolute atomic E-state index is 0.425. The van der Waals surface area contributed by atoms with E-state index in [9.17, 15) is 9.59 Å². The lowest BCUT2D eigenvalue weighted by atomic mass is 9.86. The maximum atomic E-state index is 11.8. The molecule has 0 radical (unpaired) electrons. The molecule has 2 amide bonds. The summed E-state index contributed by atoms with van der Waals surface area (Å²) < 4.78 is 0. The van der Waals surface area contributed by atoms with Crippen LogP contribution in [0.5, 0.6) is 0 Å². The first-order valence-corrected chi connectivity index (χ1v) is 7.78. The van der Waals surface area contributed by atoms with Gasteiger partial charge in [-0.15, -0.1) is 0 Å². The number of hydrazone groups is 1. The van der Waals surface area contributed by atoms with Crippen molar-refractivity contribution in [1.29, 1.82) is 0 Å². The van der Waals surface area contributed by atoms with Gasteiger partial charge in [0.05, 0.1) is 0 Å². The van der Waals surface area contributed by atoms with Crippen LogP contribution in [-0.4, -0.2) is 17.5 Å². The number of anilines is 1. The van der Waals surface area contributed by atoms with Gasteiger partial charge in [0.15, 0.2) is 0 Å². The Balaban J connectivity index is 1.85. The van der Waals surface area contributed by atoms with Crippen molar-refractivity contribution in [3.05, 3.63) is 29.8 Å². The quantitative estimate of drug-likeness (QED) is 0.512. The summed E-state index contributed by atoms with van der Waals surface area (Å²) in [6, 6.07) is 7.27. The van der Waals surface area contributed by atoms with Crippen molar-refractivity contribution in [2.24, 2.45) is 11.0 Å². The fourth-order valence-electron chi connectivity index (χ4n) is 2.63. The van der Waals surface area contributed by atoms with Crippen molar-refractivity contribution < 1.29 is 9.59 Å². The fourth-order valence-corrected chi connectivity index (χ4v) is 2.63. The van der Waals surface area contributed by atoms with Crippen LogP contribution in [-0.2, 0) is 9.59 Å². The minimum atomic E-state index is -0.740. The van der Waals surface area contributed by atoms with Gasteiger partial charge in [-0.25, -0.2) is 5.43 Å². The molecule has 0 unspecified atom stereocenters. The lowest BCUT2D eigenvalue weighted by molar-refractivity contribution is -0.136. The zero-order valence-corrected chi connectivity index (χ0v) is 13.2. The molecule has 0 atom stereocenters. The summed E-state index contributed by atoms with van der Waals surface area (Å²) in [6.45, 7) is 3.87. The number of hydrogen-bond acceptors (Lipinski definition) is 3. The molecular weight excluding hydrogens is 278 g/mol. The van der Waals surface area contributed by atoms with Gasteiger partial charge in [-0.05, 0) is 44.7 Å². The number of carbonyl (C=O) groups is 2. The molecule has 0 bridgehead atoms. The van der Waals surface area contributed by atoms with Crippen LogP contribution in [0, 0.1) is 12.8 Å². The van der Waals surface area contributed by atoms with Crippen molar-refractivity contribution in [3.8, 4) is 0 Å². The van der Waals surface area contributed by atoms with E-state index in [1.807, 2.05) is 26.0 Å². The summed E-state index contributed by atoms with van der Waals surface area (Å²) in [5.41, 5.74) is 4.94. The molecule has 5 nitrogen and oxygen atoms in total. The SMILES string of the molecule is C/C(=N\NC(=O)C(=O)Nc1ccc(C)cc1)C1CCCCC1. The van der Waals surface area contributed by atoms with Gasteiger partial charge in [0, 0.05) is 11.4 Å². The molecule has 1 saturated carbocycles. The molecule has 0 aromatic heterocycles. The number of amides is 2. The van der Waals surface area contributed by atoms with Crippen molar-refractivity contribution in [1.82, 2.24) is 5.43 Å². The summed E-state index contributed by atoms with van der Waals surface area (Å²) in [5, 5.41) is 6.63. The Morgan fingerprint density at radius 3 is 2.32 bits per heavy atom. The van der Waals surface area contributed by atoms with Crippen LogP contribution in [0.4, 0.5) is 5.69 Å². The highest BCUT2D eigenvalue weighted by Gasteiger charge is 2.17. The summed E-state index contributed by atoms with van der Waals surface area (Å²) >= 11 is 0. The molecule has 2 N–H and O–H groups in total. The Kier molecular flexibility index (Phi) is 5.69. The van der Waals surface area contributed by atoms with Crippen LogP contribution in [0.2, 0.25) is 0 Å². The molecule has 1 aliphatic carbocycles. The predicted molar refractivity (Wildman–Crippen MR) is 87.6 cm³/mol. The Labute approximate surface area is 131 Å². The average molecular weight is 301 g/mol. The van der Waals surface area contributed by atoms with Crippen LogP contribution in [0.1, 0.15) is 44.6 Å². The third-order valence-electron chi connectivity index (χ3n) is 4.05. The first-order valence-electron chi connectivity index (χ1n) is 7.78. The molecule has 0 saturated heterocycles. The topological polar surface area (TPSA) is 70.6 Å². The molecule has 118 valence electrons. The van der Waals surface area contributed by atoms with E-state index in [1.165, 1.54) is 19.3 Å². The number of aryl methyl sites for hydroxylation is 1. The Morgan fingerprint density at radius 2 is 1.68 bits per heavy atom. The van der Waals surface area contributed by atoms with E-state index >= 15 is 0 Å². The van der Waals surface area contributed by atoms with Crippen molar-refractivity contribution in [3.63, 3.8) is 0 Å². The Hall–Kier alpha value is -2.17. The van der Waals surface area contributed by atoms with E-state index in [1.54, 1.807) is 12.1 Å². The van der Waals surface area contributed by atoms with Gasteiger partial charge in [0.25, 0.3) is 0 Å².